The molecule has 3 heteroatoms. The van der Waals surface area contributed by atoms with Gasteiger partial charge in [0.2, 0.25) is 0 Å². The van der Waals surface area contributed by atoms with Crippen LogP contribution in [0.1, 0.15) is 39.5 Å². The maximum atomic E-state index is 9.70. The van der Waals surface area contributed by atoms with Crippen molar-refractivity contribution in [1.29, 1.82) is 0 Å². The minimum Gasteiger partial charge on any atom is -0.393 e. The molecule has 0 fully saturated rings. The molecule has 16 heavy (non-hydrogen) atoms. The lowest BCUT2D eigenvalue weighted by Gasteiger charge is -2.37. The number of rotatable bonds is 5. The zero-order valence-electron chi connectivity index (χ0n) is 10.6. The number of hydrogen-bond acceptors (Lipinski definition) is 3. The summed E-state index contributed by atoms with van der Waals surface area (Å²) >= 11 is 0. The van der Waals surface area contributed by atoms with Crippen LogP contribution in [-0.4, -0.2) is 46.5 Å². The molecule has 1 aliphatic rings. The fourth-order valence-corrected chi connectivity index (χ4v) is 2.30. The fraction of sp³-hybridized carbons (Fsp3) is 0.846. The second kappa shape index (κ2) is 6.38. The van der Waals surface area contributed by atoms with Crippen molar-refractivity contribution in [3.8, 4) is 0 Å². The summed E-state index contributed by atoms with van der Waals surface area (Å²) in [5.74, 6) is 0. The van der Waals surface area contributed by atoms with Crippen LogP contribution in [0.2, 0.25) is 0 Å². The van der Waals surface area contributed by atoms with Crippen LogP contribution in [0.3, 0.4) is 0 Å². The molecule has 1 heterocycles. The number of nitrogens with zero attached hydrogens (tertiary/aromatic N) is 1. The van der Waals surface area contributed by atoms with Gasteiger partial charge in [-0.15, -0.1) is 0 Å². The van der Waals surface area contributed by atoms with E-state index in [1.165, 1.54) is 0 Å². The van der Waals surface area contributed by atoms with Gasteiger partial charge in [-0.25, -0.2) is 0 Å². The molecule has 0 aromatic rings. The summed E-state index contributed by atoms with van der Waals surface area (Å²) in [5.41, 5.74) is 0. The maximum Gasteiger partial charge on any atom is 0.0552 e. The highest BCUT2D eigenvalue weighted by Crippen LogP contribution is 2.22. The van der Waals surface area contributed by atoms with E-state index in [1.54, 1.807) is 0 Å². The first-order valence-corrected chi connectivity index (χ1v) is 6.29. The molecule has 0 aromatic heterocycles. The van der Waals surface area contributed by atoms with E-state index in [4.69, 9.17) is 0 Å². The predicted molar refractivity (Wildman–Crippen MR) is 66.3 cm³/mol. The van der Waals surface area contributed by atoms with Crippen LogP contribution >= 0.6 is 0 Å². The van der Waals surface area contributed by atoms with Crippen LogP contribution in [0.15, 0.2) is 12.2 Å². The van der Waals surface area contributed by atoms with Crippen LogP contribution in [0.25, 0.3) is 0 Å². The fourth-order valence-electron chi connectivity index (χ4n) is 2.30. The molecular weight excluding hydrogens is 202 g/mol. The van der Waals surface area contributed by atoms with E-state index in [0.717, 1.165) is 25.7 Å². The molecule has 0 aliphatic carbocycles. The summed E-state index contributed by atoms with van der Waals surface area (Å²) < 4.78 is 0. The van der Waals surface area contributed by atoms with Crippen molar-refractivity contribution < 1.29 is 10.2 Å². The Balaban J connectivity index is 2.52. The Labute approximate surface area is 98.8 Å². The SMILES string of the molecule is CC[C@H](O)C[C@H]1CC=C[C@H](C[C@H](C)O)N1C. The highest BCUT2D eigenvalue weighted by atomic mass is 16.3. The summed E-state index contributed by atoms with van der Waals surface area (Å²) in [6.45, 7) is 3.84. The lowest BCUT2D eigenvalue weighted by atomic mass is 9.95. The molecule has 0 bridgehead atoms. The van der Waals surface area contributed by atoms with Crippen LogP contribution in [0.5, 0.6) is 0 Å². The summed E-state index contributed by atoms with van der Waals surface area (Å²) in [5, 5.41) is 19.1. The third kappa shape index (κ3) is 3.89. The second-order valence-electron chi connectivity index (χ2n) is 4.93. The molecule has 4 atom stereocenters. The standard InChI is InChI=1S/C13H25NO2/c1-4-13(16)9-12-7-5-6-11(14(12)3)8-10(2)15/h5-6,10-13,15-16H,4,7-9H2,1-3H3/t10-,11+,12+,13-/m0/s1. The van der Waals surface area contributed by atoms with E-state index in [2.05, 4.69) is 24.1 Å². The lowest BCUT2D eigenvalue weighted by Crippen LogP contribution is -2.44. The minimum atomic E-state index is -0.271. The summed E-state index contributed by atoms with van der Waals surface area (Å²) in [4.78, 5) is 2.28. The van der Waals surface area contributed by atoms with Crippen molar-refractivity contribution in [3.05, 3.63) is 12.2 Å². The van der Waals surface area contributed by atoms with E-state index in [9.17, 15) is 10.2 Å². The van der Waals surface area contributed by atoms with E-state index >= 15 is 0 Å². The molecule has 0 aromatic carbocycles. The molecule has 0 amide bonds. The zero-order chi connectivity index (χ0) is 12.1. The van der Waals surface area contributed by atoms with Gasteiger partial charge in [-0.3, -0.25) is 4.90 Å². The van der Waals surface area contributed by atoms with Crippen LogP contribution in [0, 0.1) is 0 Å². The van der Waals surface area contributed by atoms with Gasteiger partial charge in [0.25, 0.3) is 0 Å². The van der Waals surface area contributed by atoms with Gasteiger partial charge in [-0.2, -0.15) is 0 Å². The molecular formula is C13H25NO2. The molecule has 0 unspecified atom stereocenters. The molecule has 94 valence electrons. The Morgan fingerprint density at radius 3 is 2.62 bits per heavy atom. The molecule has 0 spiro atoms. The molecule has 3 nitrogen and oxygen atoms in total. The minimum absolute atomic E-state index is 0.203. The van der Waals surface area contributed by atoms with Gasteiger partial charge in [0.1, 0.15) is 0 Å². The van der Waals surface area contributed by atoms with Gasteiger partial charge >= 0.3 is 0 Å². The maximum absolute atomic E-state index is 9.70. The smallest absolute Gasteiger partial charge is 0.0552 e. The summed E-state index contributed by atoms with van der Waals surface area (Å²) in [6, 6.07) is 0.714. The quantitative estimate of drug-likeness (QED) is 0.700. The Kier molecular flexibility index (Phi) is 5.46. The van der Waals surface area contributed by atoms with E-state index < -0.39 is 0 Å². The van der Waals surface area contributed by atoms with Gasteiger partial charge in [-0.05, 0) is 39.7 Å². The van der Waals surface area contributed by atoms with Crippen molar-refractivity contribution >= 4 is 0 Å². The third-order valence-electron chi connectivity index (χ3n) is 3.46. The van der Waals surface area contributed by atoms with Crippen LogP contribution < -0.4 is 0 Å². The predicted octanol–water partition coefficient (Wildman–Crippen LogP) is 1.55. The summed E-state index contributed by atoms with van der Waals surface area (Å²) in [6.07, 6.45) is 7.29. The van der Waals surface area contributed by atoms with Gasteiger partial charge in [0, 0.05) is 12.1 Å². The number of aliphatic hydroxyl groups is 2. The zero-order valence-corrected chi connectivity index (χ0v) is 10.6. The molecule has 2 N–H and O–H groups in total. The molecule has 1 aliphatic heterocycles. The van der Waals surface area contributed by atoms with Crippen LogP contribution in [-0.2, 0) is 0 Å². The normalized spacial score (nSPS) is 30.3. The third-order valence-corrected chi connectivity index (χ3v) is 3.46. The topological polar surface area (TPSA) is 43.7 Å². The number of aliphatic hydroxyl groups excluding tert-OH is 2. The van der Waals surface area contributed by atoms with Crippen molar-refractivity contribution in [2.24, 2.45) is 0 Å². The highest BCUT2D eigenvalue weighted by Gasteiger charge is 2.26. The Morgan fingerprint density at radius 1 is 1.38 bits per heavy atom. The first-order valence-electron chi connectivity index (χ1n) is 6.29. The van der Waals surface area contributed by atoms with Crippen LogP contribution in [0.4, 0.5) is 0 Å². The Morgan fingerprint density at radius 2 is 2.06 bits per heavy atom. The lowest BCUT2D eigenvalue weighted by molar-refractivity contribution is 0.0770. The largest absolute Gasteiger partial charge is 0.393 e. The van der Waals surface area contributed by atoms with E-state index in [0.29, 0.717) is 12.1 Å². The van der Waals surface area contributed by atoms with Gasteiger partial charge in [-0.1, -0.05) is 19.1 Å². The Bertz CT molecular complexity index is 228. The van der Waals surface area contributed by atoms with E-state index in [-0.39, 0.29) is 12.2 Å². The average Bonchev–Trinajstić information content (AvgIpc) is 2.23. The van der Waals surface area contributed by atoms with Crippen molar-refractivity contribution in [2.45, 2.75) is 63.8 Å². The monoisotopic (exact) mass is 227 g/mol. The highest BCUT2D eigenvalue weighted by molar-refractivity contribution is 5.03. The first kappa shape index (κ1) is 13.7. The van der Waals surface area contributed by atoms with Gasteiger partial charge < -0.3 is 10.2 Å². The van der Waals surface area contributed by atoms with Crippen molar-refractivity contribution in [2.75, 3.05) is 7.05 Å². The second-order valence-corrected chi connectivity index (χ2v) is 4.93. The summed E-state index contributed by atoms with van der Waals surface area (Å²) in [7, 11) is 2.09. The number of hydrogen-bond donors (Lipinski definition) is 2. The molecule has 0 saturated heterocycles. The molecule has 1 rings (SSSR count). The number of likely N-dealkylation sites (N-methyl/N-ethyl adjacent to an activating group) is 1. The van der Waals surface area contributed by atoms with Crippen molar-refractivity contribution in [3.63, 3.8) is 0 Å². The average molecular weight is 227 g/mol. The Hall–Kier alpha value is -0.380. The van der Waals surface area contributed by atoms with E-state index in [1.807, 2.05) is 13.8 Å². The van der Waals surface area contributed by atoms with Gasteiger partial charge in [0.05, 0.1) is 12.2 Å². The first-order chi connectivity index (χ1) is 7.54. The van der Waals surface area contributed by atoms with Gasteiger partial charge in [0.15, 0.2) is 0 Å². The molecule has 0 radical (unpaired) electrons. The van der Waals surface area contributed by atoms with Crippen molar-refractivity contribution in [1.82, 2.24) is 4.90 Å². The molecule has 0 saturated carbocycles.